The van der Waals surface area contributed by atoms with Gasteiger partial charge in [0.2, 0.25) is 0 Å². The molecule has 6 nitrogen and oxygen atoms in total. The fraction of sp³-hybridized carbons (Fsp3) is 0.524. The van der Waals surface area contributed by atoms with Crippen LogP contribution in [0.3, 0.4) is 0 Å². The topological polar surface area (TPSA) is 66.4 Å². The Hall–Kier alpha value is -2.84. The fourth-order valence-corrected chi connectivity index (χ4v) is 6.70. The molecule has 3 aromatic carbocycles. The van der Waals surface area contributed by atoms with Gasteiger partial charge in [-0.15, -0.1) is 0 Å². The molecule has 1 saturated carbocycles. The second-order valence-corrected chi connectivity index (χ2v) is 13.4. The fourth-order valence-electron chi connectivity index (χ4n) is 6.70. The summed E-state index contributed by atoms with van der Waals surface area (Å²) < 4.78 is 32.7. The molecule has 2 fully saturated rings. The van der Waals surface area contributed by atoms with E-state index in [1.807, 2.05) is 91.0 Å². The number of unbranched alkanes of at least 4 members (excludes halogenated alkanes) is 3. The molecule has 3 aromatic rings. The Labute approximate surface area is 288 Å². The minimum Gasteiger partial charge on any atom is -0.385 e. The van der Waals surface area contributed by atoms with Crippen LogP contribution in [-0.2, 0) is 43.5 Å². The summed E-state index contributed by atoms with van der Waals surface area (Å²) in [5.74, 6) is 0.592. The lowest BCUT2D eigenvalue weighted by Gasteiger charge is -2.45. The van der Waals surface area contributed by atoms with E-state index < -0.39 is 30.7 Å². The average Bonchev–Trinajstić information content (AvgIpc) is 3.14. The van der Waals surface area contributed by atoms with E-state index in [0.29, 0.717) is 25.7 Å². The quantitative estimate of drug-likeness (QED) is 0.103. The van der Waals surface area contributed by atoms with Gasteiger partial charge >= 0.3 is 0 Å². The van der Waals surface area contributed by atoms with Crippen LogP contribution in [0.5, 0.6) is 0 Å². The van der Waals surface area contributed by atoms with Gasteiger partial charge in [0.15, 0.2) is 6.29 Å². The maximum absolute atomic E-state index is 12.0. The second-order valence-electron chi connectivity index (χ2n) is 13.4. The first kappa shape index (κ1) is 36.4. The van der Waals surface area contributed by atoms with Crippen molar-refractivity contribution in [2.24, 2.45) is 5.92 Å². The van der Waals surface area contributed by atoms with Gasteiger partial charge in [0.05, 0.1) is 32.5 Å². The highest BCUT2D eigenvalue weighted by Crippen LogP contribution is 2.31. The maximum Gasteiger partial charge on any atom is 0.187 e. The molecular weight excluding hydrogens is 600 g/mol. The molecule has 0 spiro atoms. The Balaban J connectivity index is 1.36. The van der Waals surface area contributed by atoms with Crippen molar-refractivity contribution in [1.82, 2.24) is 0 Å². The number of hydrogen-bond acceptors (Lipinski definition) is 6. The minimum absolute atomic E-state index is 0.161. The molecule has 2 aliphatic rings. The lowest BCUT2D eigenvalue weighted by Crippen LogP contribution is -2.61. The summed E-state index contributed by atoms with van der Waals surface area (Å²) in [4.78, 5) is 0. The van der Waals surface area contributed by atoms with Crippen LogP contribution >= 0.6 is 0 Å². The van der Waals surface area contributed by atoms with Crippen molar-refractivity contribution in [1.29, 1.82) is 0 Å². The highest BCUT2D eigenvalue weighted by atomic mass is 16.7. The molecule has 1 unspecified atom stereocenters. The number of benzene rings is 3. The number of ether oxygens (including phenoxy) is 5. The van der Waals surface area contributed by atoms with Gasteiger partial charge in [0.25, 0.3) is 0 Å². The van der Waals surface area contributed by atoms with Crippen LogP contribution in [0.4, 0.5) is 0 Å². The van der Waals surface area contributed by atoms with Gasteiger partial charge in [0.1, 0.15) is 24.4 Å². The predicted octanol–water partition coefficient (Wildman–Crippen LogP) is 8.95. The molecule has 48 heavy (non-hydrogen) atoms. The first-order valence-electron chi connectivity index (χ1n) is 18.3. The Kier molecular flexibility index (Phi) is 15.7. The van der Waals surface area contributed by atoms with E-state index in [2.05, 4.69) is 19.1 Å². The van der Waals surface area contributed by atoms with Crippen LogP contribution in [0.25, 0.3) is 0 Å². The Morgan fingerprint density at radius 1 is 0.729 bits per heavy atom. The first-order valence-corrected chi connectivity index (χ1v) is 18.3. The summed E-state index contributed by atoms with van der Waals surface area (Å²) >= 11 is 0. The summed E-state index contributed by atoms with van der Waals surface area (Å²) in [5, 5.41) is 12.0. The predicted molar refractivity (Wildman–Crippen MR) is 190 cm³/mol. The standard InChI is InChI=1S/C42H56O6/c1-2-3-4-17-26-37(28-27-33-18-9-5-10-19-33)47-42-39(43)41(46-31-36-24-15-8-16-25-36)40(45-30-35-22-13-7-14-23-35)38(48-42)32-44-29-34-20-11-6-12-21-34/h6-8,11-16,20-25,27-28,33,37-43H,2-5,9-10,17-19,26,29-32H2,1H3/b28-27+/t37?,38-,39-,40-,41-,42+/m1/s1. The third-order valence-corrected chi connectivity index (χ3v) is 9.48. The smallest absolute Gasteiger partial charge is 0.187 e. The van der Waals surface area contributed by atoms with E-state index in [9.17, 15) is 5.11 Å². The summed E-state index contributed by atoms with van der Waals surface area (Å²) in [6.45, 7) is 3.64. The SMILES string of the molecule is CCCCCCC(/C=C/C1CCCCC1)O[C@H]1O[C@H](COCc2ccccc2)[C@@H](OCc2ccccc2)[C@H](OCc2ccccc2)[C@H]1O. The van der Waals surface area contributed by atoms with Crippen molar-refractivity contribution in [3.8, 4) is 0 Å². The molecule has 5 rings (SSSR count). The van der Waals surface area contributed by atoms with Crippen LogP contribution in [0.1, 0.15) is 87.8 Å². The molecule has 1 N–H and O–H groups in total. The molecule has 0 bridgehead atoms. The Bertz CT molecular complexity index is 1280. The molecule has 0 aromatic heterocycles. The van der Waals surface area contributed by atoms with Gasteiger partial charge < -0.3 is 28.8 Å². The average molecular weight is 657 g/mol. The molecule has 1 aliphatic carbocycles. The maximum atomic E-state index is 12.0. The molecule has 6 heteroatoms. The van der Waals surface area contributed by atoms with Crippen molar-refractivity contribution in [2.45, 2.75) is 128 Å². The van der Waals surface area contributed by atoms with Gasteiger partial charge in [-0.05, 0) is 41.9 Å². The van der Waals surface area contributed by atoms with Gasteiger partial charge in [-0.2, -0.15) is 0 Å². The molecule has 1 aliphatic heterocycles. The lowest BCUT2D eigenvalue weighted by molar-refractivity contribution is -0.324. The molecule has 0 amide bonds. The monoisotopic (exact) mass is 656 g/mol. The largest absolute Gasteiger partial charge is 0.385 e. The molecule has 0 radical (unpaired) electrons. The number of aliphatic hydroxyl groups is 1. The van der Waals surface area contributed by atoms with Crippen LogP contribution in [0, 0.1) is 5.92 Å². The van der Waals surface area contributed by atoms with Crippen LogP contribution in [-0.4, -0.2) is 48.5 Å². The zero-order valence-corrected chi connectivity index (χ0v) is 28.7. The zero-order chi connectivity index (χ0) is 33.2. The summed E-state index contributed by atoms with van der Waals surface area (Å²) in [5.41, 5.74) is 3.15. The van der Waals surface area contributed by atoms with E-state index in [1.54, 1.807) is 0 Å². The Morgan fingerprint density at radius 2 is 1.31 bits per heavy atom. The van der Waals surface area contributed by atoms with Crippen molar-refractivity contribution in [2.75, 3.05) is 6.61 Å². The third-order valence-electron chi connectivity index (χ3n) is 9.48. The first-order chi connectivity index (χ1) is 23.7. The highest BCUT2D eigenvalue weighted by Gasteiger charge is 2.48. The number of allylic oxidation sites excluding steroid dienone is 1. The zero-order valence-electron chi connectivity index (χ0n) is 28.7. The molecular formula is C42H56O6. The van der Waals surface area contributed by atoms with E-state index in [0.717, 1.165) is 36.0 Å². The molecule has 6 atom stereocenters. The van der Waals surface area contributed by atoms with Gasteiger partial charge in [-0.25, -0.2) is 0 Å². The van der Waals surface area contributed by atoms with E-state index >= 15 is 0 Å². The van der Waals surface area contributed by atoms with Crippen molar-refractivity contribution in [3.63, 3.8) is 0 Å². The normalized spacial score (nSPS) is 24.2. The minimum atomic E-state index is -1.05. The summed E-state index contributed by atoms with van der Waals surface area (Å²) in [6.07, 6.45) is 12.6. The molecule has 1 heterocycles. The van der Waals surface area contributed by atoms with Crippen LogP contribution < -0.4 is 0 Å². The second kappa shape index (κ2) is 20.6. The van der Waals surface area contributed by atoms with Gasteiger partial charge in [0, 0.05) is 0 Å². The van der Waals surface area contributed by atoms with Crippen molar-refractivity contribution in [3.05, 3.63) is 120 Å². The van der Waals surface area contributed by atoms with Crippen LogP contribution in [0.15, 0.2) is 103 Å². The molecule has 260 valence electrons. The molecule has 1 saturated heterocycles. The number of rotatable bonds is 19. The van der Waals surface area contributed by atoms with Gasteiger partial charge in [-0.1, -0.05) is 155 Å². The van der Waals surface area contributed by atoms with Crippen molar-refractivity contribution >= 4 is 0 Å². The number of aliphatic hydroxyl groups excluding tert-OH is 1. The summed E-state index contributed by atoms with van der Waals surface area (Å²) in [7, 11) is 0. The van der Waals surface area contributed by atoms with E-state index in [1.165, 1.54) is 44.9 Å². The third kappa shape index (κ3) is 11.9. The lowest BCUT2D eigenvalue weighted by atomic mass is 9.88. The van der Waals surface area contributed by atoms with E-state index in [-0.39, 0.29) is 12.7 Å². The van der Waals surface area contributed by atoms with Gasteiger partial charge in [-0.3, -0.25) is 0 Å². The summed E-state index contributed by atoms with van der Waals surface area (Å²) in [6, 6.07) is 30.2. The highest BCUT2D eigenvalue weighted by molar-refractivity contribution is 5.15. The number of hydrogen-bond donors (Lipinski definition) is 1. The van der Waals surface area contributed by atoms with Crippen molar-refractivity contribution < 1.29 is 28.8 Å². The van der Waals surface area contributed by atoms with Crippen LogP contribution in [0.2, 0.25) is 0 Å². The van der Waals surface area contributed by atoms with E-state index in [4.69, 9.17) is 23.7 Å². The Morgan fingerprint density at radius 3 is 1.92 bits per heavy atom.